The molecule has 0 saturated carbocycles. The molecule has 0 saturated heterocycles. The minimum absolute atomic E-state index is 0.0704. The summed E-state index contributed by atoms with van der Waals surface area (Å²) in [6.45, 7) is 2.31. The first-order chi connectivity index (χ1) is 12.1. The average Bonchev–Trinajstić information content (AvgIpc) is 3.23. The van der Waals surface area contributed by atoms with E-state index in [0.29, 0.717) is 22.2 Å². The second-order valence-corrected chi connectivity index (χ2v) is 6.82. The Morgan fingerprint density at radius 2 is 2.20 bits per heavy atom. The minimum atomic E-state index is -0.0704. The van der Waals surface area contributed by atoms with Crippen LogP contribution in [-0.4, -0.2) is 19.2 Å². The quantitative estimate of drug-likeness (QED) is 0.596. The Balaban J connectivity index is 1.66. The summed E-state index contributed by atoms with van der Waals surface area (Å²) in [4.78, 5) is 17.5. The predicted octanol–water partition coefficient (Wildman–Crippen LogP) is 3.52. The van der Waals surface area contributed by atoms with Gasteiger partial charge in [0, 0.05) is 34.6 Å². The molecule has 4 aromatic rings. The van der Waals surface area contributed by atoms with Crippen molar-refractivity contribution in [3.05, 3.63) is 74.9 Å². The summed E-state index contributed by atoms with van der Waals surface area (Å²) in [7, 11) is 0. The van der Waals surface area contributed by atoms with Crippen molar-refractivity contribution in [2.75, 3.05) is 5.32 Å². The number of aryl methyl sites for hydroxylation is 1. The Labute approximate surface area is 152 Å². The summed E-state index contributed by atoms with van der Waals surface area (Å²) < 4.78 is 3.37. The fourth-order valence-corrected chi connectivity index (χ4v) is 3.70. The lowest BCUT2D eigenvalue weighted by atomic mass is 10.2. The van der Waals surface area contributed by atoms with Crippen molar-refractivity contribution in [3.63, 3.8) is 0 Å². The number of benzene rings is 1. The van der Waals surface area contributed by atoms with E-state index in [0.717, 1.165) is 17.1 Å². The number of aromatic nitrogens is 4. The summed E-state index contributed by atoms with van der Waals surface area (Å²) >= 11 is 7.59. The van der Waals surface area contributed by atoms with Gasteiger partial charge in [0.15, 0.2) is 4.96 Å². The highest BCUT2D eigenvalue weighted by Crippen LogP contribution is 2.24. The van der Waals surface area contributed by atoms with Crippen molar-refractivity contribution in [2.45, 2.75) is 13.5 Å². The zero-order valence-corrected chi connectivity index (χ0v) is 14.9. The van der Waals surface area contributed by atoms with Crippen molar-refractivity contribution in [2.24, 2.45) is 0 Å². The van der Waals surface area contributed by atoms with E-state index in [1.165, 1.54) is 11.3 Å². The molecule has 0 amide bonds. The molecular weight excluding hydrogens is 358 g/mol. The molecule has 1 N–H and O–H groups in total. The molecule has 25 heavy (non-hydrogen) atoms. The highest BCUT2D eigenvalue weighted by molar-refractivity contribution is 7.15. The van der Waals surface area contributed by atoms with Gasteiger partial charge in [-0.25, -0.2) is 9.67 Å². The van der Waals surface area contributed by atoms with E-state index < -0.39 is 0 Å². The van der Waals surface area contributed by atoms with Crippen molar-refractivity contribution in [1.29, 1.82) is 0 Å². The smallest absolute Gasteiger partial charge is 0.259 e. The third-order valence-corrected chi connectivity index (χ3v) is 4.98. The molecule has 3 heterocycles. The van der Waals surface area contributed by atoms with E-state index in [-0.39, 0.29) is 5.56 Å². The van der Waals surface area contributed by atoms with Crippen molar-refractivity contribution >= 4 is 33.6 Å². The second kappa shape index (κ2) is 6.34. The van der Waals surface area contributed by atoms with Gasteiger partial charge in [-0.15, -0.1) is 11.3 Å². The molecule has 0 radical (unpaired) electrons. The van der Waals surface area contributed by atoms with Crippen LogP contribution in [-0.2, 0) is 6.54 Å². The van der Waals surface area contributed by atoms with E-state index in [4.69, 9.17) is 11.6 Å². The van der Waals surface area contributed by atoms with E-state index in [9.17, 15) is 4.79 Å². The number of nitrogens with one attached hydrogen (secondary N) is 1. The predicted molar refractivity (Wildman–Crippen MR) is 100.0 cm³/mol. The third kappa shape index (κ3) is 3.04. The molecule has 0 atom stereocenters. The zero-order valence-electron chi connectivity index (χ0n) is 13.3. The summed E-state index contributed by atoms with van der Waals surface area (Å²) in [6, 6.07) is 8.95. The van der Waals surface area contributed by atoms with Crippen LogP contribution in [0.4, 0.5) is 5.69 Å². The van der Waals surface area contributed by atoms with Crippen LogP contribution in [0.5, 0.6) is 0 Å². The molecule has 0 fully saturated rings. The highest BCUT2D eigenvalue weighted by atomic mass is 35.5. The maximum absolute atomic E-state index is 12.3. The first-order valence-electron chi connectivity index (χ1n) is 7.62. The molecule has 0 aliphatic carbocycles. The molecule has 0 aliphatic rings. The number of anilines is 1. The number of fused-ring (bicyclic) bond motifs is 1. The van der Waals surface area contributed by atoms with Crippen LogP contribution in [0, 0.1) is 6.92 Å². The van der Waals surface area contributed by atoms with Crippen molar-refractivity contribution in [1.82, 2.24) is 19.2 Å². The van der Waals surface area contributed by atoms with Crippen molar-refractivity contribution < 1.29 is 0 Å². The molecule has 126 valence electrons. The van der Waals surface area contributed by atoms with Crippen LogP contribution in [0.3, 0.4) is 0 Å². The van der Waals surface area contributed by atoms with Gasteiger partial charge in [0.2, 0.25) is 0 Å². The van der Waals surface area contributed by atoms with Crippen LogP contribution < -0.4 is 10.9 Å². The molecule has 6 nitrogen and oxygen atoms in total. The normalized spacial score (nSPS) is 11.1. The van der Waals surface area contributed by atoms with Gasteiger partial charge in [-0.3, -0.25) is 9.20 Å². The maximum atomic E-state index is 12.3. The molecule has 0 bridgehead atoms. The van der Waals surface area contributed by atoms with E-state index in [2.05, 4.69) is 15.4 Å². The molecule has 3 aromatic heterocycles. The number of rotatable bonds is 4. The molecule has 8 heteroatoms. The monoisotopic (exact) mass is 371 g/mol. The van der Waals surface area contributed by atoms with Gasteiger partial charge in [0.1, 0.15) is 0 Å². The number of hydrogen-bond donors (Lipinski definition) is 1. The molecule has 4 rings (SSSR count). The Morgan fingerprint density at radius 1 is 1.32 bits per heavy atom. The van der Waals surface area contributed by atoms with E-state index >= 15 is 0 Å². The summed E-state index contributed by atoms with van der Waals surface area (Å²) in [5.74, 6) is 0. The number of halogens is 1. The Hall–Kier alpha value is -2.64. The molecule has 0 unspecified atom stereocenters. The van der Waals surface area contributed by atoms with Gasteiger partial charge in [-0.1, -0.05) is 11.6 Å². The standard InChI is InChI=1S/C17H14ClN5OS/c1-11-10-25-17-21-13(8-16(24)23(11)17)9-19-14-7-12(18)3-4-15(14)22-6-2-5-20-22/h2-8,10,19H,9H2,1H3. The first-order valence-corrected chi connectivity index (χ1v) is 8.88. The SMILES string of the molecule is Cc1csc2nc(CNc3cc(Cl)ccc3-n3cccn3)cc(=O)n12. The van der Waals surface area contributed by atoms with Crippen LogP contribution in [0.2, 0.25) is 5.02 Å². The van der Waals surface area contributed by atoms with Crippen LogP contribution in [0.1, 0.15) is 11.4 Å². The lowest BCUT2D eigenvalue weighted by molar-refractivity contribution is 0.877. The summed E-state index contributed by atoms with van der Waals surface area (Å²) in [5.41, 5.74) is 3.20. The van der Waals surface area contributed by atoms with Gasteiger partial charge < -0.3 is 5.32 Å². The fraction of sp³-hybridized carbons (Fsp3) is 0.118. The first kappa shape index (κ1) is 15.9. The topological polar surface area (TPSA) is 64.2 Å². The minimum Gasteiger partial charge on any atom is -0.378 e. The molecule has 0 spiro atoms. The van der Waals surface area contributed by atoms with Crippen LogP contribution in [0.25, 0.3) is 10.6 Å². The number of nitrogens with zero attached hydrogens (tertiary/aromatic N) is 4. The third-order valence-electron chi connectivity index (χ3n) is 3.80. The van der Waals surface area contributed by atoms with E-state index in [1.807, 2.05) is 42.8 Å². The number of thiazole rings is 1. The van der Waals surface area contributed by atoms with Crippen LogP contribution in [0.15, 0.2) is 52.9 Å². The maximum Gasteiger partial charge on any atom is 0.259 e. The lowest BCUT2D eigenvalue weighted by Gasteiger charge is -2.12. The Morgan fingerprint density at radius 3 is 3.00 bits per heavy atom. The lowest BCUT2D eigenvalue weighted by Crippen LogP contribution is -2.16. The van der Waals surface area contributed by atoms with Crippen molar-refractivity contribution in [3.8, 4) is 5.69 Å². The van der Waals surface area contributed by atoms with Gasteiger partial charge >= 0.3 is 0 Å². The van der Waals surface area contributed by atoms with Gasteiger partial charge in [0.05, 0.1) is 23.6 Å². The highest BCUT2D eigenvalue weighted by Gasteiger charge is 2.09. The summed E-state index contributed by atoms with van der Waals surface area (Å²) in [6.07, 6.45) is 3.58. The molecule has 1 aromatic carbocycles. The molecular formula is C17H14ClN5OS. The number of hydrogen-bond acceptors (Lipinski definition) is 5. The van der Waals surface area contributed by atoms with Crippen LogP contribution >= 0.6 is 22.9 Å². The average molecular weight is 372 g/mol. The van der Waals surface area contributed by atoms with Gasteiger partial charge in [0.25, 0.3) is 5.56 Å². The van der Waals surface area contributed by atoms with Gasteiger partial charge in [-0.05, 0) is 31.2 Å². The Kier molecular flexibility index (Phi) is 4.03. The second-order valence-electron chi connectivity index (χ2n) is 5.55. The van der Waals surface area contributed by atoms with E-state index in [1.54, 1.807) is 21.3 Å². The molecule has 0 aliphatic heterocycles. The van der Waals surface area contributed by atoms with Gasteiger partial charge in [-0.2, -0.15) is 5.10 Å². The zero-order chi connectivity index (χ0) is 17.4. The summed E-state index contributed by atoms with van der Waals surface area (Å²) in [5, 5.41) is 10.1. The largest absolute Gasteiger partial charge is 0.378 e. The Bertz CT molecular complexity index is 1100. The fourth-order valence-electron chi connectivity index (χ4n) is 2.64.